The Morgan fingerprint density at radius 1 is 1.38 bits per heavy atom. The smallest absolute Gasteiger partial charge is 0.0639 e. The molecule has 0 saturated carbocycles. The first-order valence-electron chi connectivity index (χ1n) is 5.50. The number of nitrogens with one attached hydrogen (secondary N) is 1. The maximum absolute atomic E-state index is 5.85. The third-order valence-electron chi connectivity index (χ3n) is 2.14. The van der Waals surface area contributed by atoms with Crippen LogP contribution in [0, 0.1) is 0 Å². The molecule has 1 aromatic rings. The molecule has 0 aromatic heterocycles. The van der Waals surface area contributed by atoms with Gasteiger partial charge in [-0.15, -0.1) is 0 Å². The number of unbranched alkanes of at least 4 members (excludes halogenated alkanes) is 1. The zero-order valence-corrected chi connectivity index (χ0v) is 11.8. The van der Waals surface area contributed by atoms with Gasteiger partial charge in [-0.1, -0.05) is 24.9 Å². The predicted molar refractivity (Wildman–Crippen MR) is 73.4 cm³/mol. The minimum Gasteiger partial charge on any atom is -0.382 e. The fourth-order valence-corrected chi connectivity index (χ4v) is 2.06. The topological polar surface area (TPSA) is 21.3 Å². The Morgan fingerprint density at radius 3 is 2.88 bits per heavy atom. The normalized spacial score (nSPS) is 10.4. The van der Waals surface area contributed by atoms with Crippen molar-refractivity contribution in [1.82, 2.24) is 0 Å². The number of benzene rings is 1. The molecule has 0 aliphatic rings. The maximum atomic E-state index is 5.85. The summed E-state index contributed by atoms with van der Waals surface area (Å²) in [7, 11) is 0. The van der Waals surface area contributed by atoms with E-state index in [2.05, 4.69) is 28.2 Å². The lowest BCUT2D eigenvalue weighted by Crippen LogP contribution is -2.10. The standard InChI is InChI=1S/C12H17BrClNO/c1-2-3-7-16-8-6-15-12-5-4-10(14)9-11(12)13/h4-5,9,15H,2-3,6-8H2,1H3. The van der Waals surface area contributed by atoms with E-state index in [1.807, 2.05) is 18.2 Å². The van der Waals surface area contributed by atoms with Crippen molar-refractivity contribution in [1.29, 1.82) is 0 Å². The van der Waals surface area contributed by atoms with Crippen LogP contribution in [-0.2, 0) is 4.74 Å². The maximum Gasteiger partial charge on any atom is 0.0639 e. The van der Waals surface area contributed by atoms with Gasteiger partial charge >= 0.3 is 0 Å². The zero-order valence-electron chi connectivity index (χ0n) is 9.43. The van der Waals surface area contributed by atoms with Gasteiger partial charge in [0.2, 0.25) is 0 Å². The fourth-order valence-electron chi connectivity index (χ4n) is 1.24. The van der Waals surface area contributed by atoms with E-state index in [0.717, 1.165) is 41.4 Å². The van der Waals surface area contributed by atoms with Crippen LogP contribution in [0.2, 0.25) is 5.02 Å². The summed E-state index contributed by atoms with van der Waals surface area (Å²) in [5.74, 6) is 0. The molecule has 0 spiro atoms. The van der Waals surface area contributed by atoms with Crippen LogP contribution < -0.4 is 5.32 Å². The van der Waals surface area contributed by atoms with E-state index in [1.165, 1.54) is 6.42 Å². The van der Waals surface area contributed by atoms with E-state index < -0.39 is 0 Å². The number of hydrogen-bond acceptors (Lipinski definition) is 2. The van der Waals surface area contributed by atoms with Gasteiger partial charge in [0, 0.05) is 28.3 Å². The Bertz CT molecular complexity index is 320. The number of hydrogen-bond donors (Lipinski definition) is 1. The summed E-state index contributed by atoms with van der Waals surface area (Å²) in [6, 6.07) is 5.70. The van der Waals surface area contributed by atoms with Crippen molar-refractivity contribution >= 4 is 33.2 Å². The monoisotopic (exact) mass is 305 g/mol. The summed E-state index contributed by atoms with van der Waals surface area (Å²) in [6.07, 6.45) is 2.31. The molecule has 0 fully saturated rings. The lowest BCUT2D eigenvalue weighted by atomic mass is 10.3. The third kappa shape index (κ3) is 5.19. The first kappa shape index (κ1) is 13.8. The van der Waals surface area contributed by atoms with E-state index >= 15 is 0 Å². The molecule has 0 bridgehead atoms. The predicted octanol–water partition coefficient (Wildman–Crippen LogP) is 4.33. The lowest BCUT2D eigenvalue weighted by Gasteiger charge is -2.09. The molecule has 0 saturated heterocycles. The average molecular weight is 307 g/mol. The molecule has 2 nitrogen and oxygen atoms in total. The van der Waals surface area contributed by atoms with Gasteiger partial charge in [0.15, 0.2) is 0 Å². The molecular weight excluding hydrogens is 289 g/mol. The zero-order chi connectivity index (χ0) is 11.8. The van der Waals surface area contributed by atoms with E-state index in [1.54, 1.807) is 0 Å². The van der Waals surface area contributed by atoms with Crippen LogP contribution in [0.15, 0.2) is 22.7 Å². The van der Waals surface area contributed by atoms with E-state index in [-0.39, 0.29) is 0 Å². The summed E-state index contributed by atoms with van der Waals surface area (Å²) in [4.78, 5) is 0. The van der Waals surface area contributed by atoms with E-state index in [4.69, 9.17) is 16.3 Å². The second-order valence-corrected chi connectivity index (χ2v) is 4.81. The molecule has 0 heterocycles. The Morgan fingerprint density at radius 2 is 2.19 bits per heavy atom. The summed E-state index contributed by atoms with van der Waals surface area (Å²) in [5.41, 5.74) is 1.04. The Kier molecular flexibility index (Phi) is 6.85. The highest BCUT2D eigenvalue weighted by Gasteiger charge is 1.99. The first-order chi connectivity index (χ1) is 7.74. The van der Waals surface area contributed by atoms with Crippen LogP contribution in [0.3, 0.4) is 0 Å². The van der Waals surface area contributed by atoms with Crippen molar-refractivity contribution in [3.63, 3.8) is 0 Å². The molecule has 90 valence electrons. The summed E-state index contributed by atoms with van der Waals surface area (Å²) in [6.45, 7) is 4.55. The molecule has 1 rings (SSSR count). The van der Waals surface area contributed by atoms with E-state index in [9.17, 15) is 0 Å². The van der Waals surface area contributed by atoms with Crippen molar-refractivity contribution in [2.24, 2.45) is 0 Å². The van der Waals surface area contributed by atoms with Crippen molar-refractivity contribution in [3.8, 4) is 0 Å². The third-order valence-corrected chi connectivity index (χ3v) is 3.03. The van der Waals surface area contributed by atoms with Crippen LogP contribution in [0.5, 0.6) is 0 Å². The number of ether oxygens (including phenoxy) is 1. The molecule has 1 aromatic carbocycles. The lowest BCUT2D eigenvalue weighted by molar-refractivity contribution is 0.141. The van der Waals surface area contributed by atoms with E-state index in [0.29, 0.717) is 0 Å². The number of anilines is 1. The minimum atomic E-state index is 0.731. The van der Waals surface area contributed by atoms with Gasteiger partial charge in [-0.05, 0) is 40.5 Å². The van der Waals surface area contributed by atoms with Gasteiger partial charge < -0.3 is 10.1 Å². The van der Waals surface area contributed by atoms with Crippen LogP contribution in [0.25, 0.3) is 0 Å². The van der Waals surface area contributed by atoms with Crippen LogP contribution in [-0.4, -0.2) is 19.8 Å². The highest BCUT2D eigenvalue weighted by molar-refractivity contribution is 9.10. The van der Waals surface area contributed by atoms with Gasteiger partial charge in [0.05, 0.1) is 6.61 Å². The molecule has 0 atom stereocenters. The second kappa shape index (κ2) is 7.93. The molecule has 4 heteroatoms. The molecule has 0 radical (unpaired) electrons. The van der Waals surface area contributed by atoms with Crippen molar-refractivity contribution < 1.29 is 4.74 Å². The minimum absolute atomic E-state index is 0.731. The molecular formula is C12H17BrClNO. The summed E-state index contributed by atoms with van der Waals surface area (Å²) < 4.78 is 6.44. The molecule has 0 aliphatic carbocycles. The summed E-state index contributed by atoms with van der Waals surface area (Å²) in [5, 5.41) is 4.02. The van der Waals surface area contributed by atoms with Crippen LogP contribution in [0.4, 0.5) is 5.69 Å². The van der Waals surface area contributed by atoms with Crippen molar-refractivity contribution in [3.05, 3.63) is 27.7 Å². The Hall–Kier alpha value is -0.250. The molecule has 16 heavy (non-hydrogen) atoms. The molecule has 0 aliphatic heterocycles. The van der Waals surface area contributed by atoms with Gasteiger partial charge in [0.25, 0.3) is 0 Å². The van der Waals surface area contributed by atoms with Crippen LogP contribution in [0.1, 0.15) is 19.8 Å². The highest BCUT2D eigenvalue weighted by Crippen LogP contribution is 2.25. The molecule has 0 unspecified atom stereocenters. The fraction of sp³-hybridized carbons (Fsp3) is 0.500. The highest BCUT2D eigenvalue weighted by atomic mass is 79.9. The number of halogens is 2. The van der Waals surface area contributed by atoms with Crippen molar-refractivity contribution in [2.45, 2.75) is 19.8 Å². The first-order valence-corrected chi connectivity index (χ1v) is 6.67. The molecule has 1 N–H and O–H groups in total. The SMILES string of the molecule is CCCCOCCNc1ccc(Cl)cc1Br. The average Bonchev–Trinajstić information content (AvgIpc) is 2.26. The Labute approximate surface area is 110 Å². The van der Waals surface area contributed by atoms with Gasteiger partial charge in [-0.3, -0.25) is 0 Å². The van der Waals surface area contributed by atoms with Gasteiger partial charge in [-0.2, -0.15) is 0 Å². The Balaban J connectivity index is 2.21. The quantitative estimate of drug-likeness (QED) is 0.757. The van der Waals surface area contributed by atoms with Gasteiger partial charge in [-0.25, -0.2) is 0 Å². The molecule has 0 amide bonds. The largest absolute Gasteiger partial charge is 0.382 e. The number of rotatable bonds is 7. The van der Waals surface area contributed by atoms with Gasteiger partial charge in [0.1, 0.15) is 0 Å². The van der Waals surface area contributed by atoms with Crippen LogP contribution >= 0.6 is 27.5 Å². The summed E-state index contributed by atoms with van der Waals surface area (Å²) >= 11 is 9.31. The van der Waals surface area contributed by atoms with Crippen molar-refractivity contribution in [2.75, 3.05) is 25.1 Å². The second-order valence-electron chi connectivity index (χ2n) is 3.52.